The number of H-pyrrole nitrogens is 1. The van der Waals surface area contributed by atoms with Gasteiger partial charge in [0.15, 0.2) is 9.84 Å². The van der Waals surface area contributed by atoms with Crippen molar-refractivity contribution in [2.75, 3.05) is 11.2 Å². The monoisotopic (exact) mass is 411 g/mol. The van der Waals surface area contributed by atoms with Crippen molar-refractivity contribution in [3.63, 3.8) is 0 Å². The van der Waals surface area contributed by atoms with Gasteiger partial charge >= 0.3 is 0 Å². The van der Waals surface area contributed by atoms with Crippen LogP contribution in [0.15, 0.2) is 35.4 Å². The fraction of sp³-hybridized carbons (Fsp3) is 0.333. The maximum Gasteiger partial charge on any atom is 0.274 e. The molecule has 1 aliphatic carbocycles. The van der Waals surface area contributed by atoms with E-state index in [1.165, 1.54) is 10.8 Å². The number of carbonyl (C=O) groups excluding carboxylic acids is 1. The molecule has 0 radical (unpaired) electrons. The molecule has 150 valence electrons. The van der Waals surface area contributed by atoms with Crippen LogP contribution in [-0.4, -0.2) is 30.1 Å². The van der Waals surface area contributed by atoms with Gasteiger partial charge < -0.3 is 14.5 Å². The van der Waals surface area contributed by atoms with Crippen LogP contribution in [0.2, 0.25) is 0 Å². The second-order valence-electron chi connectivity index (χ2n) is 8.14. The number of aromatic amines is 1. The van der Waals surface area contributed by atoms with Crippen molar-refractivity contribution in [3.05, 3.63) is 52.1 Å². The Morgan fingerprint density at radius 3 is 2.69 bits per heavy atom. The number of nitrogens with one attached hydrogen (secondary N) is 1. The number of rotatable bonds is 3. The molecule has 1 N–H and O–H groups in total. The van der Waals surface area contributed by atoms with Crippen LogP contribution in [0.25, 0.3) is 22.0 Å². The molecular formula is C21H21N3O4S. The zero-order chi connectivity index (χ0) is 20.5. The summed E-state index contributed by atoms with van der Waals surface area (Å²) >= 11 is 0. The summed E-state index contributed by atoms with van der Waals surface area (Å²) in [4.78, 5) is 30.5. The van der Waals surface area contributed by atoms with Crippen LogP contribution in [0.4, 0.5) is 5.69 Å². The second-order valence-corrected chi connectivity index (χ2v) is 10.3. The van der Waals surface area contributed by atoms with E-state index in [9.17, 15) is 18.0 Å². The average Bonchev–Trinajstić information content (AvgIpc) is 3.43. The molecule has 2 aliphatic rings. The zero-order valence-electron chi connectivity index (χ0n) is 16.2. The van der Waals surface area contributed by atoms with Crippen molar-refractivity contribution in [2.24, 2.45) is 13.0 Å². The Hall–Kier alpha value is -2.87. The molecule has 29 heavy (non-hydrogen) atoms. The van der Waals surface area contributed by atoms with Gasteiger partial charge in [-0.15, -0.1) is 0 Å². The molecular weight excluding hydrogens is 390 g/mol. The number of sulfone groups is 1. The third kappa shape index (κ3) is 2.98. The van der Waals surface area contributed by atoms with Gasteiger partial charge in [-0.2, -0.15) is 0 Å². The molecule has 1 saturated carbocycles. The first-order chi connectivity index (χ1) is 13.7. The topological polar surface area (TPSA) is 92.2 Å². The summed E-state index contributed by atoms with van der Waals surface area (Å²) in [5.41, 5.74) is 4.28. The Bertz CT molecular complexity index is 1350. The van der Waals surface area contributed by atoms with Crippen LogP contribution in [0.5, 0.6) is 0 Å². The number of benzene rings is 1. The fourth-order valence-electron chi connectivity index (χ4n) is 4.19. The maximum absolute atomic E-state index is 13.1. The number of nitrogens with zero attached hydrogens (tertiary/aromatic N) is 2. The highest BCUT2D eigenvalue weighted by Gasteiger charge is 2.36. The number of anilines is 1. The van der Waals surface area contributed by atoms with Gasteiger partial charge in [-0.1, -0.05) is 6.07 Å². The third-order valence-electron chi connectivity index (χ3n) is 5.68. The van der Waals surface area contributed by atoms with Gasteiger partial charge in [0.25, 0.3) is 5.56 Å². The Labute approximate surface area is 167 Å². The zero-order valence-corrected chi connectivity index (χ0v) is 17.0. The molecule has 5 rings (SSSR count). The van der Waals surface area contributed by atoms with Crippen molar-refractivity contribution in [3.8, 4) is 11.1 Å². The van der Waals surface area contributed by atoms with Gasteiger partial charge in [0, 0.05) is 48.1 Å². The van der Waals surface area contributed by atoms with Gasteiger partial charge in [-0.25, -0.2) is 8.42 Å². The number of aryl methyl sites for hydroxylation is 1. The molecule has 0 saturated heterocycles. The van der Waals surface area contributed by atoms with E-state index in [1.54, 1.807) is 30.4 Å². The lowest BCUT2D eigenvalue weighted by Gasteiger charge is -2.24. The van der Waals surface area contributed by atoms with E-state index in [-0.39, 0.29) is 23.1 Å². The molecule has 3 aromatic rings. The summed E-state index contributed by atoms with van der Waals surface area (Å²) in [5.74, 6) is 0.0440. The minimum absolute atomic E-state index is 0.0420. The van der Waals surface area contributed by atoms with Crippen molar-refractivity contribution < 1.29 is 13.2 Å². The van der Waals surface area contributed by atoms with Gasteiger partial charge in [0.1, 0.15) is 5.52 Å². The molecule has 2 aromatic heterocycles. The Kier molecular flexibility index (Phi) is 3.80. The fourth-order valence-corrected chi connectivity index (χ4v) is 4.98. The van der Waals surface area contributed by atoms with E-state index in [2.05, 4.69) is 4.98 Å². The van der Waals surface area contributed by atoms with Crippen molar-refractivity contribution in [1.82, 2.24) is 9.55 Å². The Morgan fingerprint density at radius 2 is 2.00 bits per heavy atom. The van der Waals surface area contributed by atoms with Crippen molar-refractivity contribution in [1.29, 1.82) is 0 Å². The largest absolute Gasteiger partial charge is 0.356 e. The van der Waals surface area contributed by atoms with E-state index in [1.807, 2.05) is 12.1 Å². The van der Waals surface area contributed by atoms with E-state index in [0.717, 1.165) is 40.6 Å². The quantitative estimate of drug-likeness (QED) is 0.716. The van der Waals surface area contributed by atoms with Crippen LogP contribution < -0.4 is 10.5 Å². The summed E-state index contributed by atoms with van der Waals surface area (Å²) in [6.07, 6.45) is 6.57. The summed E-state index contributed by atoms with van der Waals surface area (Å²) in [6.45, 7) is 0.383. The van der Waals surface area contributed by atoms with Crippen LogP contribution in [0, 0.1) is 5.92 Å². The molecule has 7 nitrogen and oxygen atoms in total. The molecule has 1 amide bonds. The highest BCUT2D eigenvalue weighted by molar-refractivity contribution is 7.89. The molecule has 1 aromatic carbocycles. The van der Waals surface area contributed by atoms with E-state index in [4.69, 9.17) is 0 Å². The predicted octanol–water partition coefficient (Wildman–Crippen LogP) is 2.33. The molecule has 3 heterocycles. The highest BCUT2D eigenvalue weighted by atomic mass is 32.2. The summed E-state index contributed by atoms with van der Waals surface area (Å²) in [6, 6.07) is 5.45. The molecule has 8 heteroatoms. The average molecular weight is 411 g/mol. The Balaban J connectivity index is 1.81. The number of aromatic nitrogens is 2. The maximum atomic E-state index is 13.1. The van der Waals surface area contributed by atoms with Gasteiger partial charge in [-0.3, -0.25) is 9.59 Å². The lowest BCUT2D eigenvalue weighted by Crippen LogP contribution is -2.31. The Morgan fingerprint density at radius 1 is 1.24 bits per heavy atom. The van der Waals surface area contributed by atoms with Crippen LogP contribution in [0.1, 0.15) is 24.0 Å². The number of hydrogen-bond donors (Lipinski definition) is 1. The summed E-state index contributed by atoms with van der Waals surface area (Å²) in [5, 5.41) is 0.803. The highest BCUT2D eigenvalue weighted by Crippen LogP contribution is 2.43. The number of hydrogen-bond acceptors (Lipinski definition) is 4. The van der Waals surface area contributed by atoms with E-state index in [0.29, 0.717) is 17.6 Å². The first kappa shape index (κ1) is 18.2. The van der Waals surface area contributed by atoms with Gasteiger partial charge in [-0.05, 0) is 36.1 Å². The first-order valence-corrected chi connectivity index (χ1v) is 11.6. The lowest BCUT2D eigenvalue weighted by atomic mass is 9.99. The first-order valence-electron chi connectivity index (χ1n) is 9.55. The van der Waals surface area contributed by atoms with Crippen molar-refractivity contribution >= 4 is 32.3 Å². The minimum atomic E-state index is -3.20. The second kappa shape index (κ2) is 6.06. The molecule has 1 aliphatic heterocycles. The van der Waals surface area contributed by atoms with Crippen LogP contribution in [0.3, 0.4) is 0 Å². The smallest absolute Gasteiger partial charge is 0.274 e. The van der Waals surface area contributed by atoms with E-state index < -0.39 is 9.84 Å². The number of fused-ring (bicyclic) bond motifs is 2. The predicted molar refractivity (Wildman–Crippen MR) is 111 cm³/mol. The standard InChI is InChI=1S/C21H21N3O4S/c1-23-10-16-15-7-12(11-29(2,27)28)3-6-17(15)24(20(25)13-4-5-13)9-14-8-22-19(18(14)16)21(23)26/h3,6-8,10,13,22H,4-5,9,11H2,1-2H3. The lowest BCUT2D eigenvalue weighted by molar-refractivity contribution is -0.119. The molecule has 0 unspecified atom stereocenters. The molecule has 0 bridgehead atoms. The SMILES string of the molecule is Cn1cc2c3c(c[nH]c3c1=O)CN(C(=O)C1CC1)c1ccc(CS(C)(=O)=O)cc1-2. The van der Waals surface area contributed by atoms with Gasteiger partial charge in [0.05, 0.1) is 18.0 Å². The van der Waals surface area contributed by atoms with Crippen LogP contribution >= 0.6 is 0 Å². The summed E-state index contributed by atoms with van der Waals surface area (Å²) < 4.78 is 25.2. The van der Waals surface area contributed by atoms with Crippen molar-refractivity contribution in [2.45, 2.75) is 25.1 Å². The molecule has 0 atom stereocenters. The number of amides is 1. The molecule has 1 fully saturated rings. The number of pyridine rings is 1. The minimum Gasteiger partial charge on any atom is -0.356 e. The third-order valence-corrected chi connectivity index (χ3v) is 6.54. The molecule has 0 spiro atoms. The summed E-state index contributed by atoms with van der Waals surface area (Å²) in [7, 11) is -1.51. The van der Waals surface area contributed by atoms with Gasteiger partial charge in [0.2, 0.25) is 5.91 Å². The number of carbonyl (C=O) groups is 1. The normalized spacial score (nSPS) is 16.0. The van der Waals surface area contributed by atoms with Crippen LogP contribution in [-0.2, 0) is 34.0 Å². The van der Waals surface area contributed by atoms with E-state index >= 15 is 0 Å².